The third-order valence-corrected chi connectivity index (χ3v) is 5.53. The number of hydrogen-bond acceptors (Lipinski definition) is 4. The Kier molecular flexibility index (Phi) is 4.46. The van der Waals surface area contributed by atoms with Crippen molar-refractivity contribution in [3.8, 4) is 0 Å². The van der Waals surface area contributed by atoms with Crippen molar-refractivity contribution < 1.29 is 4.79 Å². The van der Waals surface area contributed by atoms with Crippen molar-refractivity contribution in [3.63, 3.8) is 0 Å². The molecular formula is C18H17ClN4OS. The summed E-state index contributed by atoms with van der Waals surface area (Å²) in [5.41, 5.74) is 1.75. The number of rotatable bonds is 2. The fourth-order valence-electron chi connectivity index (χ4n) is 2.86. The number of anilines is 2. The molecule has 2 heterocycles. The Morgan fingerprint density at radius 2 is 1.88 bits per heavy atom. The number of nitrogens with zero attached hydrogens (tertiary/aromatic N) is 3. The van der Waals surface area contributed by atoms with Crippen LogP contribution in [0.1, 0.15) is 0 Å². The molecule has 0 radical (unpaired) electrons. The van der Waals surface area contributed by atoms with Crippen molar-refractivity contribution in [1.82, 2.24) is 9.88 Å². The number of para-hydroxylation sites is 1. The van der Waals surface area contributed by atoms with Crippen LogP contribution in [0.15, 0.2) is 48.5 Å². The topological polar surface area (TPSA) is 48.5 Å². The second kappa shape index (κ2) is 6.90. The van der Waals surface area contributed by atoms with Crippen molar-refractivity contribution in [2.45, 2.75) is 0 Å². The minimum Gasteiger partial charge on any atom is -0.345 e. The lowest BCUT2D eigenvalue weighted by molar-refractivity contribution is 0.208. The highest BCUT2D eigenvalue weighted by Gasteiger charge is 2.23. The lowest BCUT2D eigenvalue weighted by Gasteiger charge is -2.34. The van der Waals surface area contributed by atoms with Crippen LogP contribution in [0.25, 0.3) is 10.2 Å². The highest BCUT2D eigenvalue weighted by molar-refractivity contribution is 7.22. The van der Waals surface area contributed by atoms with Gasteiger partial charge in [-0.1, -0.05) is 41.1 Å². The number of hydrogen-bond donors (Lipinski definition) is 1. The smallest absolute Gasteiger partial charge is 0.321 e. The van der Waals surface area contributed by atoms with Crippen LogP contribution in [0.5, 0.6) is 0 Å². The lowest BCUT2D eigenvalue weighted by Crippen LogP contribution is -2.50. The highest BCUT2D eigenvalue weighted by atomic mass is 35.5. The number of benzene rings is 2. The SMILES string of the molecule is O=C(Nc1cccc(Cl)c1)N1CCN(c2nc3ccccc3s2)CC1. The zero-order chi connectivity index (χ0) is 17.2. The van der Waals surface area contributed by atoms with Gasteiger partial charge in [-0.2, -0.15) is 0 Å². The molecule has 0 aliphatic carbocycles. The van der Waals surface area contributed by atoms with Crippen LogP contribution in [0, 0.1) is 0 Å². The monoisotopic (exact) mass is 372 g/mol. The van der Waals surface area contributed by atoms with Gasteiger partial charge >= 0.3 is 6.03 Å². The number of piperazine rings is 1. The van der Waals surface area contributed by atoms with Crippen LogP contribution in [-0.2, 0) is 0 Å². The maximum atomic E-state index is 12.4. The normalized spacial score (nSPS) is 14.8. The van der Waals surface area contributed by atoms with Gasteiger partial charge in [0.2, 0.25) is 0 Å². The number of aromatic nitrogens is 1. The Morgan fingerprint density at radius 1 is 1.08 bits per heavy atom. The summed E-state index contributed by atoms with van der Waals surface area (Å²) in [4.78, 5) is 21.2. The third kappa shape index (κ3) is 3.55. The Labute approximate surface area is 154 Å². The first-order chi connectivity index (χ1) is 12.2. The summed E-state index contributed by atoms with van der Waals surface area (Å²) >= 11 is 7.66. The number of carbonyl (C=O) groups excluding carboxylic acids is 1. The van der Waals surface area contributed by atoms with E-state index in [-0.39, 0.29) is 6.03 Å². The molecule has 5 nitrogen and oxygen atoms in total. The first-order valence-corrected chi connectivity index (χ1v) is 9.30. The van der Waals surface area contributed by atoms with Gasteiger partial charge in [0, 0.05) is 36.9 Å². The van der Waals surface area contributed by atoms with E-state index in [0.717, 1.165) is 23.7 Å². The molecule has 0 atom stereocenters. The summed E-state index contributed by atoms with van der Waals surface area (Å²) in [6.07, 6.45) is 0. The lowest BCUT2D eigenvalue weighted by atomic mass is 10.3. The van der Waals surface area contributed by atoms with Crippen LogP contribution < -0.4 is 10.2 Å². The first-order valence-electron chi connectivity index (χ1n) is 8.11. The predicted molar refractivity (Wildman–Crippen MR) is 104 cm³/mol. The van der Waals surface area contributed by atoms with Gasteiger partial charge in [-0.05, 0) is 30.3 Å². The van der Waals surface area contributed by atoms with Crippen molar-refractivity contribution in [2.75, 3.05) is 36.4 Å². The number of thiazole rings is 1. The van der Waals surface area contributed by atoms with Gasteiger partial charge in [0.1, 0.15) is 0 Å². The second-order valence-electron chi connectivity index (χ2n) is 5.88. The Balaban J connectivity index is 1.38. The fraction of sp³-hybridized carbons (Fsp3) is 0.222. The van der Waals surface area contributed by atoms with Gasteiger partial charge in [-0.3, -0.25) is 0 Å². The molecule has 1 N–H and O–H groups in total. The van der Waals surface area contributed by atoms with E-state index in [1.165, 1.54) is 4.70 Å². The molecule has 0 bridgehead atoms. The standard InChI is InChI=1S/C18H17ClN4OS/c19-13-4-3-5-14(12-13)20-17(24)22-8-10-23(11-9-22)18-21-15-6-1-2-7-16(15)25-18/h1-7,12H,8-11H2,(H,20,24). The Morgan fingerprint density at radius 3 is 2.64 bits per heavy atom. The van der Waals surface area contributed by atoms with Crippen molar-refractivity contribution in [3.05, 3.63) is 53.6 Å². The van der Waals surface area contributed by atoms with Crippen LogP contribution in [0.2, 0.25) is 5.02 Å². The summed E-state index contributed by atoms with van der Waals surface area (Å²) in [7, 11) is 0. The van der Waals surface area contributed by atoms with Crippen LogP contribution >= 0.6 is 22.9 Å². The molecule has 1 aliphatic rings. The van der Waals surface area contributed by atoms with E-state index >= 15 is 0 Å². The molecule has 0 saturated carbocycles. The quantitative estimate of drug-likeness (QED) is 0.729. The molecular weight excluding hydrogens is 356 g/mol. The number of carbonyl (C=O) groups is 1. The molecule has 128 valence electrons. The van der Waals surface area contributed by atoms with Gasteiger partial charge in [0.05, 0.1) is 10.2 Å². The summed E-state index contributed by atoms with van der Waals surface area (Å²) < 4.78 is 1.19. The van der Waals surface area contributed by atoms with E-state index in [4.69, 9.17) is 16.6 Å². The maximum absolute atomic E-state index is 12.4. The molecule has 2 amide bonds. The average molecular weight is 373 g/mol. The summed E-state index contributed by atoms with van der Waals surface area (Å²) in [6, 6.07) is 15.3. The predicted octanol–water partition coefficient (Wildman–Crippen LogP) is 4.30. The summed E-state index contributed by atoms with van der Waals surface area (Å²) in [5, 5.41) is 4.53. The molecule has 1 aliphatic heterocycles. The van der Waals surface area contributed by atoms with Crippen molar-refractivity contribution >= 4 is 50.0 Å². The zero-order valence-electron chi connectivity index (χ0n) is 13.5. The molecule has 0 spiro atoms. The zero-order valence-corrected chi connectivity index (χ0v) is 15.1. The Bertz CT molecular complexity index is 872. The van der Waals surface area contributed by atoms with E-state index in [0.29, 0.717) is 23.8 Å². The van der Waals surface area contributed by atoms with E-state index in [2.05, 4.69) is 16.3 Å². The summed E-state index contributed by atoms with van der Waals surface area (Å²) in [5.74, 6) is 0. The third-order valence-electron chi connectivity index (χ3n) is 4.20. The molecule has 1 aromatic heterocycles. The first kappa shape index (κ1) is 16.2. The van der Waals surface area contributed by atoms with Gasteiger partial charge in [-0.25, -0.2) is 9.78 Å². The van der Waals surface area contributed by atoms with Crippen molar-refractivity contribution in [2.24, 2.45) is 0 Å². The van der Waals surface area contributed by atoms with Gasteiger partial charge < -0.3 is 15.1 Å². The van der Waals surface area contributed by atoms with Crippen molar-refractivity contribution in [1.29, 1.82) is 0 Å². The maximum Gasteiger partial charge on any atom is 0.321 e. The number of urea groups is 1. The molecule has 1 fully saturated rings. The Hall–Kier alpha value is -2.31. The van der Waals surface area contributed by atoms with Gasteiger partial charge in [-0.15, -0.1) is 0 Å². The van der Waals surface area contributed by atoms with E-state index in [1.54, 1.807) is 23.5 Å². The largest absolute Gasteiger partial charge is 0.345 e. The molecule has 4 rings (SSSR count). The van der Waals surface area contributed by atoms with E-state index < -0.39 is 0 Å². The molecule has 2 aromatic carbocycles. The summed E-state index contributed by atoms with van der Waals surface area (Å²) in [6.45, 7) is 2.90. The van der Waals surface area contributed by atoms with E-state index in [1.807, 2.05) is 35.2 Å². The molecule has 7 heteroatoms. The van der Waals surface area contributed by atoms with E-state index in [9.17, 15) is 4.79 Å². The average Bonchev–Trinajstić information content (AvgIpc) is 3.06. The molecule has 25 heavy (non-hydrogen) atoms. The van der Waals surface area contributed by atoms with Gasteiger partial charge in [0.25, 0.3) is 0 Å². The second-order valence-corrected chi connectivity index (χ2v) is 7.32. The molecule has 3 aromatic rings. The van der Waals surface area contributed by atoms with Crippen LogP contribution in [0.3, 0.4) is 0 Å². The fourth-order valence-corrected chi connectivity index (χ4v) is 4.07. The minimum absolute atomic E-state index is 0.0915. The highest BCUT2D eigenvalue weighted by Crippen LogP contribution is 2.29. The number of nitrogens with one attached hydrogen (secondary N) is 1. The van der Waals surface area contributed by atoms with Crippen LogP contribution in [-0.4, -0.2) is 42.1 Å². The van der Waals surface area contributed by atoms with Gasteiger partial charge in [0.15, 0.2) is 5.13 Å². The number of fused-ring (bicyclic) bond motifs is 1. The van der Waals surface area contributed by atoms with Crippen LogP contribution in [0.4, 0.5) is 15.6 Å². The molecule has 0 unspecified atom stereocenters. The molecule has 1 saturated heterocycles. The minimum atomic E-state index is -0.0915. The number of halogens is 1. The number of amides is 2.